The summed E-state index contributed by atoms with van der Waals surface area (Å²) in [5.41, 5.74) is 0. The molecule has 0 aromatic rings. The fourth-order valence-corrected chi connectivity index (χ4v) is 9.56. The summed E-state index contributed by atoms with van der Waals surface area (Å²) in [5, 5.41) is 9.97. The number of carbonyl (C=O) groups excluding carboxylic acids is 2. The van der Waals surface area contributed by atoms with Crippen LogP contribution in [0.4, 0.5) is 0 Å². The zero-order chi connectivity index (χ0) is 46.6. The quantitative estimate of drug-likeness (QED) is 0.0364. The molecule has 1 saturated carbocycles. The van der Waals surface area contributed by atoms with Crippen molar-refractivity contribution >= 4 is 11.9 Å². The maximum atomic E-state index is 13.1. The zero-order valence-electron chi connectivity index (χ0n) is 43.2. The minimum absolute atomic E-state index is 0.180. The molecule has 9 nitrogen and oxygen atoms in total. The molecule has 0 bridgehead atoms. The highest BCUT2D eigenvalue weighted by molar-refractivity contribution is 5.69. The van der Waals surface area contributed by atoms with Crippen LogP contribution in [0.1, 0.15) is 247 Å². The maximum Gasteiger partial charge on any atom is 0.308 e. The van der Waals surface area contributed by atoms with Gasteiger partial charge < -0.3 is 24.1 Å². The molecule has 3 unspecified atom stereocenters. The summed E-state index contributed by atoms with van der Waals surface area (Å²) in [4.78, 5) is 31.1. The van der Waals surface area contributed by atoms with Crippen LogP contribution < -0.4 is 0 Å². The predicted molar refractivity (Wildman–Crippen MR) is 269 cm³/mol. The molecule has 0 amide bonds. The van der Waals surface area contributed by atoms with Crippen LogP contribution in [0.25, 0.3) is 0 Å². The number of rotatable bonds is 47. The lowest BCUT2D eigenvalue weighted by Crippen LogP contribution is -2.45. The number of hydrogen-bond donors (Lipinski definition) is 1. The number of nitrogens with zero attached hydrogens (tertiary/aromatic N) is 2. The van der Waals surface area contributed by atoms with E-state index in [2.05, 4.69) is 44.4 Å². The molecule has 0 aromatic heterocycles. The Kier molecular flexibility index (Phi) is 43.2. The van der Waals surface area contributed by atoms with Gasteiger partial charge in [-0.15, -0.1) is 0 Å². The van der Waals surface area contributed by atoms with Crippen molar-refractivity contribution in [1.29, 1.82) is 0 Å². The van der Waals surface area contributed by atoms with E-state index in [1.165, 1.54) is 167 Å². The standard InChI is InChI=1S/C55H108N2O7/c1-6-11-15-19-21-27-33-50(31-25-17-13-8-3)47-63-54(59)37-44-61-49-53(46-56(39-10-5)40-41-57(42-43-58)52-35-29-23-24-30-36-52)62-45-38-55(60)64-48-51(32-26-18-14-9-4)34-28-22-20-16-12-7-2/h50-53,58H,6-49H2,1-5H3. The van der Waals surface area contributed by atoms with E-state index in [4.69, 9.17) is 18.9 Å². The smallest absolute Gasteiger partial charge is 0.308 e. The van der Waals surface area contributed by atoms with Crippen molar-refractivity contribution in [2.45, 2.75) is 259 Å². The zero-order valence-corrected chi connectivity index (χ0v) is 43.2. The van der Waals surface area contributed by atoms with Crippen molar-refractivity contribution in [2.75, 3.05) is 72.4 Å². The molecule has 0 heterocycles. The first-order valence-electron chi connectivity index (χ1n) is 28.0. The molecule has 1 N–H and O–H groups in total. The highest BCUT2D eigenvalue weighted by Crippen LogP contribution is 2.23. The molecular weight excluding hydrogens is 801 g/mol. The van der Waals surface area contributed by atoms with Crippen molar-refractivity contribution in [3.8, 4) is 0 Å². The van der Waals surface area contributed by atoms with Gasteiger partial charge in [0.1, 0.15) is 0 Å². The van der Waals surface area contributed by atoms with E-state index < -0.39 is 0 Å². The molecule has 0 radical (unpaired) electrons. The Hall–Kier alpha value is -1.26. The minimum Gasteiger partial charge on any atom is -0.465 e. The first-order valence-corrected chi connectivity index (χ1v) is 28.0. The molecule has 1 aliphatic carbocycles. The molecule has 1 rings (SSSR count). The lowest BCUT2D eigenvalue weighted by molar-refractivity contribution is -0.149. The van der Waals surface area contributed by atoms with Gasteiger partial charge in [-0.1, -0.05) is 189 Å². The van der Waals surface area contributed by atoms with Gasteiger partial charge in [0.15, 0.2) is 0 Å². The van der Waals surface area contributed by atoms with E-state index in [0.29, 0.717) is 50.8 Å². The Bertz CT molecular complexity index is 1010. The van der Waals surface area contributed by atoms with Crippen molar-refractivity contribution in [3.63, 3.8) is 0 Å². The Labute approximate surface area is 397 Å². The first kappa shape index (κ1) is 60.8. The van der Waals surface area contributed by atoms with E-state index in [1.54, 1.807) is 0 Å². The molecule has 1 fully saturated rings. The summed E-state index contributed by atoms with van der Waals surface area (Å²) < 4.78 is 24.4. The minimum atomic E-state index is -0.247. The summed E-state index contributed by atoms with van der Waals surface area (Å²) >= 11 is 0. The fraction of sp³-hybridized carbons (Fsp3) is 0.964. The van der Waals surface area contributed by atoms with Crippen molar-refractivity contribution in [3.05, 3.63) is 0 Å². The van der Waals surface area contributed by atoms with Gasteiger partial charge in [-0.05, 0) is 63.3 Å². The van der Waals surface area contributed by atoms with Gasteiger partial charge in [-0.25, -0.2) is 0 Å². The van der Waals surface area contributed by atoms with Crippen LogP contribution in [0.3, 0.4) is 0 Å². The molecule has 1 aliphatic rings. The largest absolute Gasteiger partial charge is 0.465 e. The number of unbranched alkanes of at least 4 members (excludes halogenated alkanes) is 16. The number of aliphatic hydroxyl groups excluding tert-OH is 1. The highest BCUT2D eigenvalue weighted by atomic mass is 16.6. The van der Waals surface area contributed by atoms with E-state index >= 15 is 0 Å². The van der Waals surface area contributed by atoms with Gasteiger partial charge in [0.25, 0.3) is 0 Å². The summed E-state index contributed by atoms with van der Waals surface area (Å²) in [5.74, 6) is 0.507. The summed E-state index contributed by atoms with van der Waals surface area (Å²) in [6, 6.07) is 0.535. The summed E-state index contributed by atoms with van der Waals surface area (Å²) in [7, 11) is 0. The van der Waals surface area contributed by atoms with Crippen molar-refractivity contribution in [2.24, 2.45) is 11.8 Å². The van der Waals surface area contributed by atoms with Gasteiger partial charge in [0, 0.05) is 32.2 Å². The van der Waals surface area contributed by atoms with Gasteiger partial charge in [0.2, 0.25) is 0 Å². The van der Waals surface area contributed by atoms with Crippen molar-refractivity contribution < 1.29 is 33.6 Å². The van der Waals surface area contributed by atoms with E-state index in [-0.39, 0.29) is 50.7 Å². The fourth-order valence-electron chi connectivity index (χ4n) is 9.56. The number of carbonyl (C=O) groups is 2. The molecule has 3 atom stereocenters. The molecule has 0 aromatic carbocycles. The van der Waals surface area contributed by atoms with E-state index in [1.807, 2.05) is 0 Å². The highest BCUT2D eigenvalue weighted by Gasteiger charge is 2.23. The predicted octanol–water partition coefficient (Wildman–Crippen LogP) is 13.7. The molecule has 380 valence electrons. The Morgan fingerprint density at radius 1 is 0.516 bits per heavy atom. The maximum absolute atomic E-state index is 13.1. The first-order chi connectivity index (χ1) is 31.4. The number of aliphatic hydroxyl groups is 1. The van der Waals surface area contributed by atoms with Crippen LogP contribution in [0.2, 0.25) is 0 Å². The third-order valence-electron chi connectivity index (χ3n) is 13.7. The van der Waals surface area contributed by atoms with Gasteiger partial charge in [-0.3, -0.25) is 19.4 Å². The second-order valence-electron chi connectivity index (χ2n) is 19.7. The monoisotopic (exact) mass is 909 g/mol. The summed E-state index contributed by atoms with van der Waals surface area (Å²) in [6.07, 6.45) is 38.7. The Balaban J connectivity index is 2.83. The second kappa shape index (κ2) is 45.5. The summed E-state index contributed by atoms with van der Waals surface area (Å²) in [6.45, 7) is 17.5. The molecule has 64 heavy (non-hydrogen) atoms. The lowest BCUT2D eigenvalue weighted by atomic mass is 9.95. The van der Waals surface area contributed by atoms with Gasteiger partial charge >= 0.3 is 11.9 Å². The average molecular weight is 909 g/mol. The number of ether oxygens (including phenoxy) is 4. The van der Waals surface area contributed by atoms with Crippen LogP contribution in [-0.2, 0) is 28.5 Å². The van der Waals surface area contributed by atoms with Crippen LogP contribution in [-0.4, -0.2) is 111 Å². The van der Waals surface area contributed by atoms with Crippen LogP contribution in [0.5, 0.6) is 0 Å². The van der Waals surface area contributed by atoms with E-state index in [0.717, 1.165) is 51.7 Å². The topological polar surface area (TPSA) is 97.8 Å². The lowest BCUT2D eigenvalue weighted by Gasteiger charge is -2.34. The molecule has 9 heteroatoms. The number of esters is 2. The third-order valence-corrected chi connectivity index (χ3v) is 13.7. The van der Waals surface area contributed by atoms with Crippen LogP contribution in [0, 0.1) is 11.8 Å². The molecule has 0 saturated heterocycles. The molecule has 0 aliphatic heterocycles. The normalized spacial score (nSPS) is 15.1. The van der Waals surface area contributed by atoms with Crippen molar-refractivity contribution in [1.82, 2.24) is 9.80 Å². The van der Waals surface area contributed by atoms with Gasteiger partial charge in [-0.2, -0.15) is 0 Å². The van der Waals surface area contributed by atoms with Crippen LogP contribution in [0.15, 0.2) is 0 Å². The third kappa shape index (κ3) is 35.9. The number of hydrogen-bond acceptors (Lipinski definition) is 9. The Morgan fingerprint density at radius 2 is 0.969 bits per heavy atom. The SMILES string of the molecule is CCCCCCCCC(CCCCCC)COC(=O)CCOCC(CN(CCC)CCN(CCO)C1CCCCCC1)OCCC(=O)OCC(CCCCCC)CCCCCCCC. The van der Waals surface area contributed by atoms with E-state index in [9.17, 15) is 14.7 Å². The second-order valence-corrected chi connectivity index (χ2v) is 19.7. The molecule has 0 spiro atoms. The molecular formula is C55H108N2O7. The Morgan fingerprint density at radius 3 is 1.44 bits per heavy atom. The average Bonchev–Trinajstić information content (AvgIpc) is 3.59. The van der Waals surface area contributed by atoms with Crippen LogP contribution >= 0.6 is 0 Å². The van der Waals surface area contributed by atoms with Gasteiger partial charge in [0.05, 0.1) is 58.6 Å².